The molecule has 0 aromatic heterocycles. The van der Waals surface area contributed by atoms with E-state index < -0.39 is 23.8 Å². The van der Waals surface area contributed by atoms with E-state index in [1.807, 2.05) is 0 Å². The van der Waals surface area contributed by atoms with Crippen molar-refractivity contribution in [1.29, 1.82) is 0 Å². The number of amides is 5. The van der Waals surface area contributed by atoms with E-state index in [0.29, 0.717) is 16.9 Å². The molecule has 0 saturated carbocycles. The van der Waals surface area contributed by atoms with E-state index in [0.717, 1.165) is 9.80 Å². The first-order valence-corrected chi connectivity index (χ1v) is 10.0. The molecule has 1 saturated heterocycles. The monoisotopic (exact) mass is 441 g/mol. The Morgan fingerprint density at radius 3 is 1.76 bits per heavy atom. The third kappa shape index (κ3) is 4.35. The van der Waals surface area contributed by atoms with Crippen LogP contribution in [0.4, 0.5) is 16.2 Å². The molecule has 1 heterocycles. The first kappa shape index (κ1) is 21.5. The fourth-order valence-electron chi connectivity index (χ4n) is 3.37. The van der Waals surface area contributed by atoms with Crippen LogP contribution in [0.3, 0.4) is 0 Å². The summed E-state index contributed by atoms with van der Waals surface area (Å²) in [6, 6.07) is 22.5. The smallest absolute Gasteiger partial charge is 0.343 e. The molecule has 1 aliphatic heterocycles. The molecule has 5 amide bonds. The van der Waals surface area contributed by atoms with Gasteiger partial charge in [-0.25, -0.2) is 14.6 Å². The number of barbiturate groups is 1. The minimum atomic E-state index is -0.780. The third-order valence-electron chi connectivity index (χ3n) is 4.87. The van der Waals surface area contributed by atoms with Gasteiger partial charge in [-0.05, 0) is 36.4 Å². The lowest BCUT2D eigenvalue weighted by atomic mass is 10.0. The van der Waals surface area contributed by atoms with E-state index in [4.69, 9.17) is 10.5 Å². The Labute approximate surface area is 189 Å². The van der Waals surface area contributed by atoms with Crippen LogP contribution in [0.2, 0.25) is 0 Å². The van der Waals surface area contributed by atoms with Crippen molar-refractivity contribution >= 4 is 41.2 Å². The summed E-state index contributed by atoms with van der Waals surface area (Å²) in [5, 5.41) is 0. The number of nitrogens with two attached hydrogens (primary N) is 1. The lowest BCUT2D eigenvalue weighted by Crippen LogP contribution is -2.57. The number of carbonyl (C=O) groups is 4. The topological polar surface area (TPSA) is 110 Å². The molecule has 8 heteroatoms. The van der Waals surface area contributed by atoms with Gasteiger partial charge in [-0.3, -0.25) is 14.4 Å². The normalized spacial score (nSPS) is 13.8. The van der Waals surface area contributed by atoms with E-state index in [9.17, 15) is 19.2 Å². The van der Waals surface area contributed by atoms with Crippen LogP contribution in [0.25, 0.3) is 6.08 Å². The number of primary amides is 1. The molecule has 0 atom stereocenters. The number of carbonyl (C=O) groups excluding carboxylic acids is 4. The zero-order chi connectivity index (χ0) is 23.4. The Kier molecular flexibility index (Phi) is 5.99. The molecule has 164 valence electrons. The van der Waals surface area contributed by atoms with Crippen molar-refractivity contribution in [2.24, 2.45) is 5.73 Å². The van der Waals surface area contributed by atoms with Gasteiger partial charge in [0.15, 0.2) is 6.61 Å². The number of hydrogen-bond donors (Lipinski definition) is 1. The van der Waals surface area contributed by atoms with E-state index in [1.165, 1.54) is 6.08 Å². The molecule has 0 unspecified atom stereocenters. The first-order chi connectivity index (χ1) is 16.0. The number of ether oxygens (including phenoxy) is 1. The molecule has 0 aliphatic carbocycles. The second-order valence-corrected chi connectivity index (χ2v) is 7.09. The second kappa shape index (κ2) is 9.19. The Bertz CT molecular complexity index is 1190. The average Bonchev–Trinajstić information content (AvgIpc) is 2.82. The van der Waals surface area contributed by atoms with E-state index in [1.54, 1.807) is 84.9 Å². The van der Waals surface area contributed by atoms with Crippen molar-refractivity contribution in [3.8, 4) is 5.75 Å². The lowest BCUT2D eigenvalue weighted by Gasteiger charge is -2.34. The summed E-state index contributed by atoms with van der Waals surface area (Å²) in [6.45, 7) is -0.368. The van der Waals surface area contributed by atoms with Crippen molar-refractivity contribution < 1.29 is 23.9 Å². The van der Waals surface area contributed by atoms with Crippen molar-refractivity contribution in [3.63, 3.8) is 0 Å². The van der Waals surface area contributed by atoms with Crippen LogP contribution >= 0.6 is 0 Å². The molecule has 0 bridgehead atoms. The van der Waals surface area contributed by atoms with Crippen molar-refractivity contribution in [1.82, 2.24) is 0 Å². The highest BCUT2D eigenvalue weighted by Gasteiger charge is 2.43. The van der Waals surface area contributed by atoms with Crippen LogP contribution in [0.1, 0.15) is 5.56 Å². The maximum atomic E-state index is 13.4. The summed E-state index contributed by atoms with van der Waals surface area (Å²) in [4.78, 5) is 53.1. The number of rotatable bonds is 6. The van der Waals surface area contributed by atoms with Gasteiger partial charge in [-0.1, -0.05) is 54.6 Å². The molecule has 3 aromatic carbocycles. The largest absolute Gasteiger partial charge is 0.483 e. The van der Waals surface area contributed by atoms with E-state index in [2.05, 4.69) is 0 Å². The summed E-state index contributed by atoms with van der Waals surface area (Å²) >= 11 is 0. The Morgan fingerprint density at radius 1 is 0.758 bits per heavy atom. The Hall–Kier alpha value is -4.72. The van der Waals surface area contributed by atoms with Crippen LogP contribution in [0.5, 0.6) is 5.75 Å². The van der Waals surface area contributed by atoms with Gasteiger partial charge in [0.1, 0.15) is 11.3 Å². The van der Waals surface area contributed by atoms with Crippen LogP contribution in [0, 0.1) is 0 Å². The van der Waals surface area contributed by atoms with Crippen LogP contribution in [-0.2, 0) is 14.4 Å². The highest BCUT2D eigenvalue weighted by molar-refractivity contribution is 6.46. The number of nitrogens with zero attached hydrogens (tertiary/aromatic N) is 2. The van der Waals surface area contributed by atoms with Crippen molar-refractivity contribution in [3.05, 3.63) is 96.1 Å². The minimum Gasteiger partial charge on any atom is -0.483 e. The summed E-state index contributed by atoms with van der Waals surface area (Å²) in [5.41, 5.74) is 5.95. The van der Waals surface area contributed by atoms with Crippen LogP contribution < -0.4 is 20.3 Å². The van der Waals surface area contributed by atoms with E-state index >= 15 is 0 Å². The number of para-hydroxylation sites is 3. The average molecular weight is 441 g/mol. The standard InChI is InChI=1S/C25H19N3O5/c26-22(29)16-33-21-14-8-7-9-17(21)15-20-23(30)27(18-10-3-1-4-11-18)25(32)28(24(20)31)19-12-5-2-6-13-19/h1-15H,16H2,(H2,26,29). The van der Waals surface area contributed by atoms with Gasteiger partial charge in [-0.15, -0.1) is 0 Å². The Morgan fingerprint density at radius 2 is 1.24 bits per heavy atom. The zero-order valence-electron chi connectivity index (χ0n) is 17.4. The van der Waals surface area contributed by atoms with Gasteiger partial charge in [0.25, 0.3) is 17.7 Å². The molecule has 4 rings (SSSR count). The number of imide groups is 2. The number of benzene rings is 3. The van der Waals surface area contributed by atoms with Gasteiger partial charge in [0.05, 0.1) is 11.4 Å². The predicted molar refractivity (Wildman–Crippen MR) is 122 cm³/mol. The highest BCUT2D eigenvalue weighted by Crippen LogP contribution is 2.30. The molecular formula is C25H19N3O5. The van der Waals surface area contributed by atoms with E-state index in [-0.39, 0.29) is 17.9 Å². The quantitative estimate of drug-likeness (QED) is 0.467. The number of anilines is 2. The summed E-state index contributed by atoms with van der Waals surface area (Å²) in [7, 11) is 0. The van der Waals surface area contributed by atoms with Crippen molar-refractivity contribution in [2.45, 2.75) is 0 Å². The molecule has 1 fully saturated rings. The third-order valence-corrected chi connectivity index (χ3v) is 4.87. The lowest BCUT2D eigenvalue weighted by molar-refractivity contribution is -0.121. The van der Waals surface area contributed by atoms with Gasteiger partial charge in [-0.2, -0.15) is 0 Å². The zero-order valence-corrected chi connectivity index (χ0v) is 17.4. The fraction of sp³-hybridized carbons (Fsp3) is 0.0400. The highest BCUT2D eigenvalue weighted by atomic mass is 16.5. The maximum absolute atomic E-state index is 13.4. The molecule has 0 spiro atoms. The second-order valence-electron chi connectivity index (χ2n) is 7.09. The molecular weight excluding hydrogens is 422 g/mol. The minimum absolute atomic E-state index is 0.238. The fourth-order valence-corrected chi connectivity index (χ4v) is 3.37. The molecule has 1 aliphatic rings. The molecule has 0 radical (unpaired) electrons. The predicted octanol–water partition coefficient (Wildman–Crippen LogP) is 3.13. The summed E-state index contributed by atoms with van der Waals surface area (Å²) < 4.78 is 5.42. The van der Waals surface area contributed by atoms with Gasteiger partial charge in [0, 0.05) is 5.56 Å². The van der Waals surface area contributed by atoms with Gasteiger partial charge in [0.2, 0.25) is 0 Å². The maximum Gasteiger partial charge on any atom is 0.343 e. The molecule has 8 nitrogen and oxygen atoms in total. The molecule has 3 aromatic rings. The molecule has 2 N–H and O–H groups in total. The summed E-state index contributed by atoms with van der Waals surface area (Å²) in [5.74, 6) is -1.95. The van der Waals surface area contributed by atoms with Crippen LogP contribution in [0.15, 0.2) is 90.5 Å². The van der Waals surface area contributed by atoms with Crippen LogP contribution in [-0.4, -0.2) is 30.4 Å². The summed E-state index contributed by atoms with van der Waals surface area (Å²) in [6.07, 6.45) is 1.35. The number of hydrogen-bond acceptors (Lipinski definition) is 5. The number of urea groups is 1. The first-order valence-electron chi connectivity index (χ1n) is 10.0. The van der Waals surface area contributed by atoms with Gasteiger partial charge >= 0.3 is 6.03 Å². The Balaban J connectivity index is 1.84. The SMILES string of the molecule is NC(=O)COc1ccccc1C=C1C(=O)N(c2ccccc2)C(=O)N(c2ccccc2)C1=O. The van der Waals surface area contributed by atoms with Crippen molar-refractivity contribution in [2.75, 3.05) is 16.4 Å². The molecule has 33 heavy (non-hydrogen) atoms. The van der Waals surface area contributed by atoms with Gasteiger partial charge < -0.3 is 10.5 Å².